The summed E-state index contributed by atoms with van der Waals surface area (Å²) in [6.45, 7) is 7.56. The first-order valence-corrected chi connectivity index (χ1v) is 15.7. The van der Waals surface area contributed by atoms with E-state index in [4.69, 9.17) is 15.2 Å². The van der Waals surface area contributed by atoms with Crippen LogP contribution in [0.4, 0.5) is 0 Å². The Morgan fingerprint density at radius 2 is 0.971 bits per heavy atom. The Morgan fingerprint density at radius 3 is 1.50 bits per heavy atom. The van der Waals surface area contributed by atoms with Crippen LogP contribution in [0.5, 0.6) is 0 Å². The van der Waals surface area contributed by atoms with Crippen molar-refractivity contribution < 1.29 is 9.47 Å². The number of ether oxygens (including phenoxy) is 2. The van der Waals surface area contributed by atoms with Crippen molar-refractivity contribution in [3.63, 3.8) is 0 Å². The normalized spacial score (nSPS) is 24.4. The number of hydrogen-bond donors (Lipinski definition) is 1. The largest absolute Gasteiger partial charge is 0.380 e. The Morgan fingerprint density at radius 1 is 0.559 bits per heavy atom. The third-order valence-electron chi connectivity index (χ3n) is 8.34. The minimum Gasteiger partial charge on any atom is -0.380 e. The molecule has 2 saturated carbocycles. The van der Waals surface area contributed by atoms with E-state index in [1.165, 1.54) is 109 Å². The van der Waals surface area contributed by atoms with Gasteiger partial charge in [-0.1, -0.05) is 110 Å². The highest BCUT2D eigenvalue weighted by atomic mass is 16.5. The smallest absolute Gasteiger partial charge is 0.0640 e. The van der Waals surface area contributed by atoms with Gasteiger partial charge in [0.1, 0.15) is 0 Å². The Bertz CT molecular complexity index is 457. The third-order valence-corrected chi connectivity index (χ3v) is 8.34. The van der Waals surface area contributed by atoms with Crippen LogP contribution < -0.4 is 5.73 Å². The summed E-state index contributed by atoms with van der Waals surface area (Å²) < 4.78 is 11.5. The van der Waals surface area contributed by atoms with Gasteiger partial charge in [0.2, 0.25) is 0 Å². The van der Waals surface area contributed by atoms with Gasteiger partial charge in [-0.15, -0.1) is 0 Å². The topological polar surface area (TPSA) is 44.5 Å². The predicted molar refractivity (Wildman–Crippen MR) is 147 cm³/mol. The van der Waals surface area contributed by atoms with Crippen LogP contribution in [0.1, 0.15) is 142 Å². The van der Waals surface area contributed by atoms with Crippen LogP contribution in [0.2, 0.25) is 0 Å². The van der Waals surface area contributed by atoms with Crippen LogP contribution in [0.15, 0.2) is 0 Å². The van der Waals surface area contributed by atoms with Gasteiger partial charge in [-0.2, -0.15) is 0 Å². The van der Waals surface area contributed by atoms with Crippen LogP contribution in [0, 0.1) is 23.7 Å². The van der Waals surface area contributed by atoms with Gasteiger partial charge in [0.25, 0.3) is 0 Å². The SMILES string of the molecule is CCCCCCCCOCC(N)COCCCCCCCC[C@H]1C[C@H]1C[C@H]1C[C@H]1CCCCC. The molecule has 0 saturated heterocycles. The molecule has 0 radical (unpaired) electrons. The molecule has 1 unspecified atom stereocenters. The third kappa shape index (κ3) is 15.8. The van der Waals surface area contributed by atoms with Crippen LogP contribution in [-0.2, 0) is 9.47 Å². The fraction of sp³-hybridized carbons (Fsp3) is 1.00. The van der Waals surface area contributed by atoms with Gasteiger partial charge in [-0.3, -0.25) is 0 Å². The van der Waals surface area contributed by atoms with E-state index < -0.39 is 0 Å². The minimum absolute atomic E-state index is 0.0261. The van der Waals surface area contributed by atoms with Crippen molar-refractivity contribution in [2.75, 3.05) is 26.4 Å². The molecule has 0 aliphatic heterocycles. The maximum atomic E-state index is 6.10. The van der Waals surface area contributed by atoms with Crippen molar-refractivity contribution in [1.82, 2.24) is 0 Å². The number of hydrogen-bond acceptors (Lipinski definition) is 3. The van der Waals surface area contributed by atoms with Crippen molar-refractivity contribution in [1.29, 1.82) is 0 Å². The summed E-state index contributed by atoms with van der Waals surface area (Å²) in [5, 5.41) is 0. The van der Waals surface area contributed by atoms with Crippen LogP contribution in [0.25, 0.3) is 0 Å². The zero-order chi connectivity index (χ0) is 24.3. The lowest BCUT2D eigenvalue weighted by atomic mass is 10.0. The van der Waals surface area contributed by atoms with E-state index in [1.807, 2.05) is 0 Å². The molecule has 2 rings (SSSR count). The second-order valence-corrected chi connectivity index (χ2v) is 11.8. The first-order chi connectivity index (χ1) is 16.7. The molecule has 0 bridgehead atoms. The fourth-order valence-corrected chi connectivity index (χ4v) is 5.77. The molecule has 2 aliphatic rings. The molecule has 0 spiro atoms. The van der Waals surface area contributed by atoms with Crippen LogP contribution in [-0.4, -0.2) is 32.5 Å². The Balaban J connectivity index is 1.24. The van der Waals surface area contributed by atoms with E-state index in [2.05, 4.69) is 13.8 Å². The van der Waals surface area contributed by atoms with E-state index in [0.29, 0.717) is 13.2 Å². The number of unbranched alkanes of at least 4 members (excludes halogenated alkanes) is 12. The van der Waals surface area contributed by atoms with Crippen molar-refractivity contribution >= 4 is 0 Å². The molecule has 2 aliphatic carbocycles. The van der Waals surface area contributed by atoms with Gasteiger partial charge < -0.3 is 15.2 Å². The fourth-order valence-electron chi connectivity index (χ4n) is 5.77. The molecule has 202 valence electrons. The van der Waals surface area contributed by atoms with E-state index in [0.717, 1.165) is 36.9 Å². The number of nitrogens with two attached hydrogens (primary N) is 1. The van der Waals surface area contributed by atoms with Gasteiger partial charge in [0.05, 0.1) is 19.3 Å². The molecular formula is C31H61NO2. The van der Waals surface area contributed by atoms with Gasteiger partial charge in [0, 0.05) is 13.2 Å². The summed E-state index contributed by atoms with van der Waals surface area (Å²) in [5.74, 6) is 4.46. The summed E-state index contributed by atoms with van der Waals surface area (Å²) in [6.07, 6.45) is 28.1. The highest BCUT2D eigenvalue weighted by molar-refractivity contribution is 4.94. The van der Waals surface area contributed by atoms with Gasteiger partial charge in [-0.05, 0) is 55.8 Å². The van der Waals surface area contributed by atoms with Gasteiger partial charge >= 0.3 is 0 Å². The summed E-state index contributed by atoms with van der Waals surface area (Å²) in [7, 11) is 0. The molecule has 34 heavy (non-hydrogen) atoms. The lowest BCUT2D eigenvalue weighted by Gasteiger charge is -2.12. The van der Waals surface area contributed by atoms with Crippen molar-refractivity contribution in [2.24, 2.45) is 29.4 Å². The van der Waals surface area contributed by atoms with E-state index in [-0.39, 0.29) is 6.04 Å². The summed E-state index contributed by atoms with van der Waals surface area (Å²) in [5.41, 5.74) is 6.10. The number of rotatable bonds is 26. The van der Waals surface area contributed by atoms with E-state index >= 15 is 0 Å². The molecule has 3 nitrogen and oxygen atoms in total. The minimum atomic E-state index is 0.0261. The van der Waals surface area contributed by atoms with E-state index in [9.17, 15) is 0 Å². The second-order valence-electron chi connectivity index (χ2n) is 11.8. The lowest BCUT2D eigenvalue weighted by molar-refractivity contribution is 0.0644. The average molecular weight is 480 g/mol. The predicted octanol–water partition coefficient (Wildman–Crippen LogP) is 8.68. The van der Waals surface area contributed by atoms with Crippen molar-refractivity contribution in [2.45, 2.75) is 148 Å². The first kappa shape index (κ1) is 30.1. The zero-order valence-electron chi connectivity index (χ0n) is 23.3. The molecular weight excluding hydrogens is 418 g/mol. The van der Waals surface area contributed by atoms with Crippen molar-refractivity contribution in [3.8, 4) is 0 Å². The second kappa shape index (κ2) is 20.0. The van der Waals surface area contributed by atoms with Gasteiger partial charge in [0.15, 0.2) is 0 Å². The zero-order valence-corrected chi connectivity index (χ0v) is 23.3. The quantitative estimate of drug-likeness (QED) is 0.126. The molecule has 0 heterocycles. The monoisotopic (exact) mass is 479 g/mol. The molecule has 0 aromatic heterocycles. The lowest BCUT2D eigenvalue weighted by Crippen LogP contribution is -2.31. The highest BCUT2D eigenvalue weighted by Crippen LogP contribution is 2.54. The Labute approximate surface area is 213 Å². The summed E-state index contributed by atoms with van der Waals surface area (Å²) >= 11 is 0. The molecule has 2 N–H and O–H groups in total. The summed E-state index contributed by atoms with van der Waals surface area (Å²) in [6, 6.07) is 0.0261. The van der Waals surface area contributed by atoms with Crippen molar-refractivity contribution in [3.05, 3.63) is 0 Å². The standard InChI is InChI=1S/C31H61NO2/c1-3-5-7-8-12-16-20-33-25-31(32)26-34-21-17-13-10-9-11-15-19-28-23-30(28)24-29-22-27(29)18-14-6-4-2/h27-31H,3-26,32H2,1-2H3/t27-,28+,29-,30+,31?/m1/s1. The Kier molecular flexibility index (Phi) is 17.7. The molecule has 0 amide bonds. The molecule has 5 atom stereocenters. The highest BCUT2D eigenvalue weighted by Gasteiger charge is 2.44. The van der Waals surface area contributed by atoms with E-state index in [1.54, 1.807) is 19.3 Å². The Hall–Kier alpha value is -0.120. The first-order valence-electron chi connectivity index (χ1n) is 15.7. The molecule has 3 heteroatoms. The molecule has 0 aromatic rings. The van der Waals surface area contributed by atoms with Crippen LogP contribution in [0.3, 0.4) is 0 Å². The summed E-state index contributed by atoms with van der Waals surface area (Å²) in [4.78, 5) is 0. The van der Waals surface area contributed by atoms with Crippen LogP contribution >= 0.6 is 0 Å². The average Bonchev–Trinajstić information content (AvgIpc) is 3.75. The van der Waals surface area contributed by atoms with Gasteiger partial charge in [-0.25, -0.2) is 0 Å². The maximum Gasteiger partial charge on any atom is 0.0640 e. The molecule has 2 fully saturated rings. The molecule has 0 aromatic carbocycles. The maximum absolute atomic E-state index is 6.10.